The molecule has 0 spiro atoms. The molecule has 4 aromatic rings. The van der Waals surface area contributed by atoms with Gasteiger partial charge in [0.15, 0.2) is 0 Å². The zero-order chi connectivity index (χ0) is 33.2. The summed E-state index contributed by atoms with van der Waals surface area (Å²) in [5.41, 5.74) is 5.69. The van der Waals surface area contributed by atoms with Crippen LogP contribution in [0.5, 0.6) is 0 Å². The van der Waals surface area contributed by atoms with E-state index >= 15 is 0 Å². The number of amides is 1. The minimum absolute atomic E-state index is 0.102. The average molecular weight is 631 g/mol. The number of carboxylic acid groups (broad SMARTS) is 1. The molecule has 1 amide bonds. The first kappa shape index (κ1) is 34.6. The second-order valence-corrected chi connectivity index (χ2v) is 11.8. The van der Waals surface area contributed by atoms with Crippen molar-refractivity contribution >= 4 is 17.6 Å². The Bertz CT molecular complexity index is 1580. The van der Waals surface area contributed by atoms with E-state index in [9.17, 15) is 24.2 Å². The number of carboxylic acids is 1. The van der Waals surface area contributed by atoms with E-state index in [1.807, 2.05) is 73.0 Å². The highest BCUT2D eigenvalue weighted by molar-refractivity contribution is 6.12. The van der Waals surface area contributed by atoms with Gasteiger partial charge in [-0.05, 0) is 78.3 Å². The summed E-state index contributed by atoms with van der Waals surface area (Å²) in [4.78, 5) is 25.4. The van der Waals surface area contributed by atoms with Crippen LogP contribution >= 0.6 is 0 Å². The number of aromatic nitrogens is 1. The smallest absolute Gasteiger partial charge is 0.305 e. The van der Waals surface area contributed by atoms with Gasteiger partial charge in [0.1, 0.15) is 5.82 Å². The van der Waals surface area contributed by atoms with Gasteiger partial charge >= 0.3 is 5.97 Å². The highest BCUT2D eigenvalue weighted by Gasteiger charge is 2.31. The monoisotopic (exact) mass is 630 g/mol. The molecule has 0 aliphatic heterocycles. The zero-order valence-electron chi connectivity index (χ0n) is 26.6. The highest BCUT2D eigenvalue weighted by atomic mass is 19.1. The first-order valence-corrected chi connectivity index (χ1v) is 15.7. The molecule has 0 radical (unpaired) electrons. The molecular weight excluding hydrogens is 587 g/mol. The summed E-state index contributed by atoms with van der Waals surface area (Å²) in [6.07, 6.45) is -1.63. The fourth-order valence-electron chi connectivity index (χ4n) is 5.70. The minimum Gasteiger partial charge on any atom is -0.481 e. The van der Waals surface area contributed by atoms with Crippen molar-refractivity contribution in [2.75, 3.05) is 11.9 Å². The van der Waals surface area contributed by atoms with Crippen LogP contribution in [0.15, 0.2) is 78.9 Å². The Morgan fingerprint density at radius 2 is 1.59 bits per heavy atom. The molecule has 3 aromatic carbocycles. The molecule has 4 rings (SSSR count). The summed E-state index contributed by atoms with van der Waals surface area (Å²) in [5, 5.41) is 33.0. The quantitative estimate of drug-likeness (QED) is 0.0969. The maximum absolute atomic E-state index is 14.3. The van der Waals surface area contributed by atoms with Gasteiger partial charge in [-0.25, -0.2) is 4.39 Å². The number of hydrogen-bond acceptors (Lipinski definition) is 5. The molecule has 0 saturated carbocycles. The molecule has 0 aliphatic carbocycles. The van der Waals surface area contributed by atoms with E-state index in [1.165, 1.54) is 12.1 Å². The van der Waals surface area contributed by atoms with Crippen molar-refractivity contribution in [2.24, 2.45) is 0 Å². The summed E-state index contributed by atoms with van der Waals surface area (Å²) in [6.45, 7) is 7.46. The molecule has 0 aliphatic rings. The average Bonchev–Trinajstić information content (AvgIpc) is 3.37. The van der Waals surface area contributed by atoms with Gasteiger partial charge in [-0.1, -0.05) is 63.2 Å². The van der Waals surface area contributed by atoms with Gasteiger partial charge in [0.05, 0.1) is 36.5 Å². The second kappa shape index (κ2) is 16.3. The lowest BCUT2D eigenvalue weighted by atomic mass is 9.94. The van der Waals surface area contributed by atoms with E-state index in [1.54, 1.807) is 12.1 Å². The van der Waals surface area contributed by atoms with Crippen LogP contribution in [0, 0.1) is 5.82 Å². The Balaban J connectivity index is 1.82. The third-order valence-electron chi connectivity index (χ3n) is 7.73. The number of carbonyl (C=O) groups is 2. The molecular formula is C37H43FN2O6. The van der Waals surface area contributed by atoms with E-state index < -0.39 is 30.4 Å². The normalized spacial score (nSPS) is 12.7. The molecule has 1 heterocycles. The Labute approximate surface area is 269 Å². The molecule has 8 nitrogen and oxygen atoms in total. The standard InChI is InChI=1S/C37H43FN2O6/c1-4-20-46-23-25-10-16-29(17-11-25)39-37(45)34-33(26-8-6-5-7-9-26)36(27-12-14-28(38)15-13-27)40(35(34)24(2)3)19-18-30(41)21-31(42)22-32(43)44/h5-17,24,30-31,41-42H,4,18-23H2,1-3H3,(H,39,45)(H,43,44)/t30-,31-/m1/s1. The number of halogens is 1. The van der Waals surface area contributed by atoms with Crippen LogP contribution in [0.1, 0.15) is 74.0 Å². The Hall–Kier alpha value is -4.31. The number of benzene rings is 3. The van der Waals surface area contributed by atoms with Crippen LogP contribution in [0.2, 0.25) is 0 Å². The predicted octanol–water partition coefficient (Wildman–Crippen LogP) is 7.24. The number of aliphatic hydroxyl groups excluding tert-OH is 2. The summed E-state index contributed by atoms with van der Waals surface area (Å²) in [7, 11) is 0. The fraction of sp³-hybridized carbons (Fsp3) is 0.351. The largest absolute Gasteiger partial charge is 0.481 e. The van der Waals surface area contributed by atoms with E-state index in [2.05, 4.69) is 12.2 Å². The van der Waals surface area contributed by atoms with Crippen LogP contribution in [0.3, 0.4) is 0 Å². The molecule has 4 N–H and O–H groups in total. The van der Waals surface area contributed by atoms with Gasteiger partial charge in [0.2, 0.25) is 0 Å². The van der Waals surface area contributed by atoms with Gasteiger partial charge in [-0.2, -0.15) is 0 Å². The summed E-state index contributed by atoms with van der Waals surface area (Å²) < 4.78 is 21.7. The van der Waals surface area contributed by atoms with Crippen LogP contribution in [0.25, 0.3) is 22.4 Å². The molecule has 244 valence electrons. The van der Waals surface area contributed by atoms with Crippen molar-refractivity contribution in [3.63, 3.8) is 0 Å². The Kier molecular flexibility index (Phi) is 12.3. The van der Waals surface area contributed by atoms with Gasteiger partial charge in [0, 0.05) is 30.1 Å². The molecule has 46 heavy (non-hydrogen) atoms. The summed E-state index contributed by atoms with van der Waals surface area (Å²) >= 11 is 0. The van der Waals surface area contributed by atoms with Crippen LogP contribution in [0.4, 0.5) is 10.1 Å². The second-order valence-electron chi connectivity index (χ2n) is 11.8. The molecule has 9 heteroatoms. The number of carbonyl (C=O) groups excluding carboxylic acids is 1. The molecule has 1 aromatic heterocycles. The number of aliphatic carboxylic acids is 1. The van der Waals surface area contributed by atoms with Crippen molar-refractivity contribution in [3.8, 4) is 22.4 Å². The summed E-state index contributed by atoms with van der Waals surface area (Å²) in [6, 6.07) is 23.2. The number of aliphatic hydroxyl groups is 2. The molecule has 2 atom stereocenters. The predicted molar refractivity (Wildman–Crippen MR) is 177 cm³/mol. The summed E-state index contributed by atoms with van der Waals surface area (Å²) in [5.74, 6) is -1.98. The van der Waals surface area contributed by atoms with Crippen molar-refractivity contribution in [3.05, 3.63) is 102 Å². The lowest BCUT2D eigenvalue weighted by Gasteiger charge is -2.20. The maximum atomic E-state index is 14.3. The van der Waals surface area contributed by atoms with Crippen molar-refractivity contribution in [2.45, 2.75) is 77.7 Å². The number of nitrogens with one attached hydrogen (secondary N) is 1. The Morgan fingerprint density at radius 1 is 0.913 bits per heavy atom. The maximum Gasteiger partial charge on any atom is 0.305 e. The zero-order valence-corrected chi connectivity index (χ0v) is 26.6. The van der Waals surface area contributed by atoms with Gasteiger partial charge in [-0.3, -0.25) is 9.59 Å². The first-order chi connectivity index (χ1) is 22.1. The SMILES string of the molecule is CCCOCc1ccc(NC(=O)c2c(-c3ccccc3)c(-c3ccc(F)cc3)n(CC[C@@H](O)C[C@@H](O)CC(=O)O)c2C(C)C)cc1. The van der Waals surface area contributed by atoms with Crippen LogP contribution in [-0.4, -0.2) is 50.6 Å². The molecule has 0 fully saturated rings. The van der Waals surface area contributed by atoms with Gasteiger partial charge in [0.25, 0.3) is 5.91 Å². The van der Waals surface area contributed by atoms with Crippen molar-refractivity contribution < 1.29 is 34.0 Å². The number of ether oxygens (including phenoxy) is 1. The molecule has 0 unspecified atom stereocenters. The Morgan fingerprint density at radius 3 is 2.20 bits per heavy atom. The van der Waals surface area contributed by atoms with Crippen LogP contribution in [-0.2, 0) is 22.7 Å². The number of nitrogens with zero attached hydrogens (tertiary/aromatic N) is 1. The lowest BCUT2D eigenvalue weighted by Crippen LogP contribution is -2.22. The van der Waals surface area contributed by atoms with E-state index in [0.717, 1.165) is 23.2 Å². The minimum atomic E-state index is -1.19. The van der Waals surface area contributed by atoms with E-state index in [-0.39, 0.29) is 31.2 Å². The third-order valence-corrected chi connectivity index (χ3v) is 7.73. The first-order valence-electron chi connectivity index (χ1n) is 15.7. The van der Waals surface area contributed by atoms with Gasteiger partial charge in [-0.15, -0.1) is 0 Å². The molecule has 0 saturated heterocycles. The highest BCUT2D eigenvalue weighted by Crippen LogP contribution is 2.42. The van der Waals surface area contributed by atoms with Crippen molar-refractivity contribution in [1.82, 2.24) is 4.57 Å². The number of hydrogen-bond donors (Lipinski definition) is 4. The van der Waals surface area contributed by atoms with E-state index in [4.69, 9.17) is 9.84 Å². The number of rotatable bonds is 16. The van der Waals surface area contributed by atoms with Crippen molar-refractivity contribution in [1.29, 1.82) is 0 Å². The van der Waals surface area contributed by atoms with E-state index in [0.29, 0.717) is 41.3 Å². The fourth-order valence-corrected chi connectivity index (χ4v) is 5.70. The lowest BCUT2D eigenvalue weighted by molar-refractivity contribution is -0.139. The van der Waals surface area contributed by atoms with Gasteiger partial charge < -0.3 is 29.9 Å². The molecule has 0 bridgehead atoms. The van der Waals surface area contributed by atoms with Crippen LogP contribution < -0.4 is 5.32 Å². The third kappa shape index (κ3) is 8.90. The topological polar surface area (TPSA) is 121 Å². The number of anilines is 1.